The van der Waals surface area contributed by atoms with Crippen molar-refractivity contribution in [1.82, 2.24) is 19.9 Å². The van der Waals surface area contributed by atoms with Gasteiger partial charge in [-0.25, -0.2) is 4.39 Å². The molecule has 1 saturated heterocycles. The maximum atomic E-state index is 13.4. The number of hydrogen-bond donors (Lipinski definition) is 0. The Balaban J connectivity index is 1.16. The Kier molecular flexibility index (Phi) is 4.87. The van der Waals surface area contributed by atoms with Gasteiger partial charge in [-0.2, -0.15) is 4.98 Å². The summed E-state index contributed by atoms with van der Waals surface area (Å²) in [4.78, 5) is 9.15. The van der Waals surface area contributed by atoms with Crippen molar-refractivity contribution >= 4 is 0 Å². The molecule has 0 radical (unpaired) electrons. The third-order valence-electron chi connectivity index (χ3n) is 5.22. The van der Waals surface area contributed by atoms with Gasteiger partial charge in [0.05, 0.1) is 6.54 Å². The predicted molar refractivity (Wildman–Crippen MR) is 103 cm³/mol. The number of benzene rings is 2. The molecule has 7 nitrogen and oxygen atoms in total. The van der Waals surface area contributed by atoms with E-state index in [2.05, 4.69) is 19.9 Å². The van der Waals surface area contributed by atoms with Crippen molar-refractivity contribution in [3.05, 3.63) is 59.7 Å². The van der Waals surface area contributed by atoms with Gasteiger partial charge in [0, 0.05) is 38.3 Å². The van der Waals surface area contributed by atoms with Crippen LogP contribution in [-0.2, 0) is 13.1 Å². The standard InChI is InChI=1S/C21H21FN4O3/c22-17-3-1-2-15(10-17)12-25-6-8-26(9-7-25)13-20-23-21(24-29-20)16-4-5-18-19(11-16)28-14-27-18/h1-5,10-11H,6-9,12-14H2. The summed E-state index contributed by atoms with van der Waals surface area (Å²) in [6.07, 6.45) is 0. The molecule has 3 aromatic rings. The van der Waals surface area contributed by atoms with Crippen LogP contribution in [0.3, 0.4) is 0 Å². The minimum atomic E-state index is -0.184. The van der Waals surface area contributed by atoms with Crippen molar-refractivity contribution in [2.24, 2.45) is 0 Å². The number of hydrogen-bond acceptors (Lipinski definition) is 7. The minimum absolute atomic E-state index is 0.184. The van der Waals surface area contributed by atoms with Gasteiger partial charge in [0.25, 0.3) is 0 Å². The van der Waals surface area contributed by atoms with Crippen molar-refractivity contribution < 1.29 is 18.4 Å². The second-order valence-corrected chi connectivity index (χ2v) is 7.26. The first-order valence-electron chi connectivity index (χ1n) is 9.65. The van der Waals surface area contributed by atoms with E-state index in [1.165, 1.54) is 6.07 Å². The molecule has 1 aromatic heterocycles. The van der Waals surface area contributed by atoms with Crippen LogP contribution in [0.5, 0.6) is 11.5 Å². The first-order valence-corrected chi connectivity index (χ1v) is 9.65. The number of ether oxygens (including phenoxy) is 2. The van der Waals surface area contributed by atoms with E-state index < -0.39 is 0 Å². The van der Waals surface area contributed by atoms with Gasteiger partial charge >= 0.3 is 0 Å². The van der Waals surface area contributed by atoms with Gasteiger partial charge in [-0.3, -0.25) is 9.80 Å². The summed E-state index contributed by atoms with van der Waals surface area (Å²) in [6.45, 7) is 5.25. The van der Waals surface area contributed by atoms with Crippen molar-refractivity contribution in [3.8, 4) is 22.9 Å². The zero-order valence-electron chi connectivity index (χ0n) is 15.9. The van der Waals surface area contributed by atoms with Crippen LogP contribution in [0.4, 0.5) is 4.39 Å². The normalized spacial score (nSPS) is 17.0. The molecular weight excluding hydrogens is 375 g/mol. The van der Waals surface area contributed by atoms with E-state index in [-0.39, 0.29) is 12.6 Å². The van der Waals surface area contributed by atoms with E-state index in [4.69, 9.17) is 14.0 Å². The van der Waals surface area contributed by atoms with E-state index in [0.717, 1.165) is 49.6 Å². The summed E-state index contributed by atoms with van der Waals surface area (Å²) in [6, 6.07) is 12.4. The van der Waals surface area contributed by atoms with Crippen LogP contribution in [-0.4, -0.2) is 52.9 Å². The highest BCUT2D eigenvalue weighted by Gasteiger charge is 2.21. The maximum absolute atomic E-state index is 13.4. The third kappa shape index (κ3) is 4.08. The lowest BCUT2D eigenvalue weighted by Gasteiger charge is -2.33. The zero-order chi connectivity index (χ0) is 19.6. The van der Waals surface area contributed by atoms with Crippen LogP contribution in [0.25, 0.3) is 11.4 Å². The maximum Gasteiger partial charge on any atom is 0.241 e. The largest absolute Gasteiger partial charge is 0.454 e. The number of nitrogens with zero attached hydrogens (tertiary/aromatic N) is 4. The molecule has 0 aliphatic carbocycles. The van der Waals surface area contributed by atoms with Crippen LogP contribution >= 0.6 is 0 Å². The fraction of sp³-hybridized carbons (Fsp3) is 0.333. The number of halogens is 1. The molecule has 150 valence electrons. The molecular formula is C21H21FN4O3. The lowest BCUT2D eigenvalue weighted by atomic mass is 10.2. The first-order chi connectivity index (χ1) is 14.2. The second kappa shape index (κ2) is 7.81. The quantitative estimate of drug-likeness (QED) is 0.657. The molecule has 3 heterocycles. The SMILES string of the molecule is Fc1cccc(CN2CCN(Cc3nc(-c4ccc5c(c4)OCO5)no3)CC2)c1. The van der Waals surface area contributed by atoms with Crippen LogP contribution in [0.2, 0.25) is 0 Å². The van der Waals surface area contributed by atoms with Crippen LogP contribution in [0, 0.1) is 5.82 Å². The highest BCUT2D eigenvalue weighted by atomic mass is 19.1. The highest BCUT2D eigenvalue weighted by Crippen LogP contribution is 2.35. The Hall–Kier alpha value is -2.97. The van der Waals surface area contributed by atoms with Gasteiger partial charge < -0.3 is 14.0 Å². The molecule has 0 bridgehead atoms. The molecule has 2 aromatic carbocycles. The van der Waals surface area contributed by atoms with Gasteiger partial charge in [0.15, 0.2) is 11.5 Å². The van der Waals surface area contributed by atoms with Gasteiger partial charge in [-0.1, -0.05) is 17.3 Å². The van der Waals surface area contributed by atoms with E-state index in [1.807, 2.05) is 24.3 Å². The third-order valence-corrected chi connectivity index (χ3v) is 5.22. The smallest absolute Gasteiger partial charge is 0.241 e. The molecule has 0 atom stereocenters. The fourth-order valence-electron chi connectivity index (χ4n) is 3.66. The van der Waals surface area contributed by atoms with Gasteiger partial charge in [0.2, 0.25) is 18.5 Å². The number of aromatic nitrogens is 2. The Bertz CT molecular complexity index is 1000. The van der Waals surface area contributed by atoms with Gasteiger partial charge in [-0.05, 0) is 35.9 Å². The summed E-state index contributed by atoms with van der Waals surface area (Å²) >= 11 is 0. The summed E-state index contributed by atoms with van der Waals surface area (Å²) in [5, 5.41) is 4.10. The molecule has 29 heavy (non-hydrogen) atoms. The number of piperazine rings is 1. The van der Waals surface area contributed by atoms with Crippen LogP contribution < -0.4 is 9.47 Å². The molecule has 0 unspecified atom stereocenters. The Labute approximate surface area is 167 Å². The van der Waals surface area contributed by atoms with E-state index in [0.29, 0.717) is 24.0 Å². The topological polar surface area (TPSA) is 63.9 Å². The Morgan fingerprint density at radius 2 is 1.69 bits per heavy atom. The molecule has 0 saturated carbocycles. The Morgan fingerprint density at radius 1 is 0.897 bits per heavy atom. The number of rotatable bonds is 5. The molecule has 0 spiro atoms. The summed E-state index contributed by atoms with van der Waals surface area (Å²) in [5.74, 6) is 2.38. The minimum Gasteiger partial charge on any atom is -0.454 e. The average molecular weight is 396 g/mol. The fourth-order valence-corrected chi connectivity index (χ4v) is 3.66. The lowest BCUT2D eigenvalue weighted by Crippen LogP contribution is -2.45. The molecule has 5 rings (SSSR count). The van der Waals surface area contributed by atoms with Crippen molar-refractivity contribution in [2.45, 2.75) is 13.1 Å². The zero-order valence-corrected chi connectivity index (χ0v) is 15.9. The van der Waals surface area contributed by atoms with E-state index in [1.54, 1.807) is 12.1 Å². The summed E-state index contributed by atoms with van der Waals surface area (Å²) < 4.78 is 29.5. The van der Waals surface area contributed by atoms with Gasteiger partial charge in [-0.15, -0.1) is 0 Å². The highest BCUT2D eigenvalue weighted by molar-refractivity contribution is 5.61. The van der Waals surface area contributed by atoms with Crippen molar-refractivity contribution in [2.75, 3.05) is 33.0 Å². The molecule has 2 aliphatic rings. The lowest BCUT2D eigenvalue weighted by molar-refractivity contribution is 0.112. The van der Waals surface area contributed by atoms with E-state index in [9.17, 15) is 4.39 Å². The molecule has 0 N–H and O–H groups in total. The van der Waals surface area contributed by atoms with Gasteiger partial charge in [0.1, 0.15) is 5.82 Å². The summed E-state index contributed by atoms with van der Waals surface area (Å²) in [7, 11) is 0. The predicted octanol–water partition coefficient (Wildman–Crippen LogP) is 2.92. The monoisotopic (exact) mass is 396 g/mol. The number of fused-ring (bicyclic) bond motifs is 1. The molecule has 8 heteroatoms. The first kappa shape index (κ1) is 18.1. The second-order valence-electron chi connectivity index (χ2n) is 7.26. The Morgan fingerprint density at radius 3 is 2.52 bits per heavy atom. The summed E-state index contributed by atoms with van der Waals surface area (Å²) in [5.41, 5.74) is 1.84. The molecule has 0 amide bonds. The van der Waals surface area contributed by atoms with Crippen LogP contribution in [0.15, 0.2) is 47.0 Å². The average Bonchev–Trinajstić information content (AvgIpc) is 3.38. The molecule has 1 fully saturated rings. The van der Waals surface area contributed by atoms with Crippen molar-refractivity contribution in [3.63, 3.8) is 0 Å². The molecule has 2 aliphatic heterocycles. The van der Waals surface area contributed by atoms with E-state index >= 15 is 0 Å². The van der Waals surface area contributed by atoms with Crippen LogP contribution in [0.1, 0.15) is 11.5 Å². The van der Waals surface area contributed by atoms with Crippen molar-refractivity contribution in [1.29, 1.82) is 0 Å².